The van der Waals surface area contributed by atoms with Crippen LogP contribution in [0.25, 0.3) is 0 Å². The number of azo groups is 1. The van der Waals surface area contributed by atoms with Crippen molar-refractivity contribution in [1.29, 1.82) is 0 Å². The number of nitrogens with zero attached hydrogens (tertiary/aromatic N) is 2. The number of alkyl halides is 3. The lowest BCUT2D eigenvalue weighted by Gasteiger charge is -2.08. The molecule has 0 atom stereocenters. The number of Topliss-reactive ketones (excluding diaryl/α,β-unsaturated/α-hetero) is 1. The fourth-order valence-electron chi connectivity index (χ4n) is 1.22. The SMILES string of the molecule is CC(=O)/C(N=Nc1ccc(OC(F)(F)F)cc1)=C(\C)O. The Balaban J connectivity index is 2.85. The molecule has 0 aliphatic carbocycles. The van der Waals surface area contributed by atoms with Gasteiger partial charge >= 0.3 is 6.36 Å². The molecule has 0 spiro atoms. The summed E-state index contributed by atoms with van der Waals surface area (Å²) in [6.45, 7) is 2.48. The van der Waals surface area contributed by atoms with Gasteiger partial charge in [-0.3, -0.25) is 4.79 Å². The van der Waals surface area contributed by atoms with Crippen LogP contribution >= 0.6 is 0 Å². The van der Waals surface area contributed by atoms with E-state index in [-0.39, 0.29) is 17.1 Å². The second-order valence-electron chi connectivity index (χ2n) is 3.73. The third kappa shape index (κ3) is 5.09. The number of benzene rings is 1. The van der Waals surface area contributed by atoms with Crippen LogP contribution in [0, 0.1) is 0 Å². The van der Waals surface area contributed by atoms with Gasteiger partial charge in [-0.05, 0) is 31.2 Å². The summed E-state index contributed by atoms with van der Waals surface area (Å²) in [5.41, 5.74) is -0.0138. The Morgan fingerprint density at radius 2 is 1.75 bits per heavy atom. The van der Waals surface area contributed by atoms with Gasteiger partial charge in [-0.15, -0.1) is 18.3 Å². The molecule has 1 aromatic rings. The predicted octanol–water partition coefficient (Wildman–Crippen LogP) is 4.05. The van der Waals surface area contributed by atoms with Gasteiger partial charge in [0.2, 0.25) is 0 Å². The monoisotopic (exact) mass is 288 g/mol. The van der Waals surface area contributed by atoms with E-state index in [0.717, 1.165) is 12.1 Å². The molecule has 0 aliphatic rings. The normalized spacial score (nSPS) is 13.2. The second-order valence-corrected chi connectivity index (χ2v) is 3.73. The first kappa shape index (κ1) is 15.7. The van der Waals surface area contributed by atoms with E-state index in [9.17, 15) is 23.1 Å². The minimum atomic E-state index is -4.76. The van der Waals surface area contributed by atoms with E-state index in [0.29, 0.717) is 0 Å². The average molecular weight is 288 g/mol. The van der Waals surface area contributed by atoms with Crippen LogP contribution in [0.4, 0.5) is 18.9 Å². The van der Waals surface area contributed by atoms with E-state index in [4.69, 9.17) is 0 Å². The largest absolute Gasteiger partial charge is 0.573 e. The Kier molecular flexibility index (Phi) is 4.84. The molecule has 20 heavy (non-hydrogen) atoms. The number of ketones is 1. The standard InChI is InChI=1S/C12H11F3N2O3/c1-7(18)11(8(2)19)17-16-9-3-5-10(6-4-9)20-12(13,14)15/h3-6,18H,1-2H3/b11-7-,17-16?. The van der Waals surface area contributed by atoms with E-state index in [1.54, 1.807) is 0 Å². The fraction of sp³-hybridized carbons (Fsp3) is 0.250. The third-order valence-electron chi connectivity index (χ3n) is 2.01. The molecule has 0 amide bonds. The first-order valence-corrected chi connectivity index (χ1v) is 5.37. The van der Waals surface area contributed by atoms with Crippen LogP contribution in [0.3, 0.4) is 0 Å². The number of carbonyl (C=O) groups excluding carboxylic acids is 1. The number of halogens is 3. The summed E-state index contributed by atoms with van der Waals surface area (Å²) in [5.74, 6) is -1.17. The number of hydrogen-bond donors (Lipinski definition) is 1. The molecule has 0 aliphatic heterocycles. The van der Waals surface area contributed by atoms with Crippen LogP contribution in [0.1, 0.15) is 13.8 Å². The van der Waals surface area contributed by atoms with Gasteiger partial charge in [0.05, 0.1) is 5.69 Å². The van der Waals surface area contributed by atoms with Crippen LogP contribution in [-0.2, 0) is 4.79 Å². The van der Waals surface area contributed by atoms with Gasteiger partial charge in [-0.1, -0.05) is 0 Å². The summed E-state index contributed by atoms with van der Waals surface area (Å²) in [4.78, 5) is 11.1. The highest BCUT2D eigenvalue weighted by Gasteiger charge is 2.30. The Morgan fingerprint density at radius 3 is 2.15 bits per heavy atom. The molecule has 8 heteroatoms. The Morgan fingerprint density at radius 1 is 1.20 bits per heavy atom. The van der Waals surface area contributed by atoms with Gasteiger partial charge in [-0.2, -0.15) is 5.11 Å². The Hall–Kier alpha value is -2.38. The van der Waals surface area contributed by atoms with Crippen LogP contribution in [-0.4, -0.2) is 17.3 Å². The topological polar surface area (TPSA) is 71.2 Å². The molecule has 1 aromatic carbocycles. The maximum absolute atomic E-state index is 11.9. The molecule has 1 N–H and O–H groups in total. The summed E-state index contributed by atoms with van der Waals surface area (Å²) in [5, 5.41) is 16.4. The molecule has 108 valence electrons. The maximum atomic E-state index is 11.9. The van der Waals surface area contributed by atoms with E-state index in [1.807, 2.05) is 0 Å². The quantitative estimate of drug-likeness (QED) is 0.516. The first-order chi connectivity index (χ1) is 9.19. The van der Waals surface area contributed by atoms with Crippen molar-refractivity contribution < 1.29 is 27.8 Å². The highest BCUT2D eigenvalue weighted by atomic mass is 19.4. The molecule has 0 unspecified atom stereocenters. The van der Waals surface area contributed by atoms with Crippen LogP contribution in [0.5, 0.6) is 5.75 Å². The summed E-state index contributed by atoms with van der Waals surface area (Å²) < 4.78 is 39.5. The average Bonchev–Trinajstić information content (AvgIpc) is 2.28. The number of rotatable bonds is 4. The molecule has 0 radical (unpaired) electrons. The Bertz CT molecular complexity index is 544. The number of carbonyl (C=O) groups is 1. The van der Waals surface area contributed by atoms with Crippen LogP contribution < -0.4 is 4.74 Å². The summed E-state index contributed by atoms with van der Waals surface area (Å²) in [7, 11) is 0. The van der Waals surface area contributed by atoms with E-state index < -0.39 is 17.9 Å². The van der Waals surface area contributed by atoms with Crippen molar-refractivity contribution in [2.75, 3.05) is 0 Å². The predicted molar refractivity (Wildman–Crippen MR) is 63.7 cm³/mol. The molecule has 0 bridgehead atoms. The van der Waals surface area contributed by atoms with Crippen molar-refractivity contribution in [1.82, 2.24) is 0 Å². The number of allylic oxidation sites excluding steroid dienone is 2. The lowest BCUT2D eigenvalue weighted by molar-refractivity contribution is -0.274. The number of hydrogen-bond acceptors (Lipinski definition) is 5. The van der Waals surface area contributed by atoms with Crippen molar-refractivity contribution in [2.45, 2.75) is 20.2 Å². The minimum Gasteiger partial charge on any atom is -0.510 e. The number of aliphatic hydroxyl groups is 1. The molecule has 0 aromatic heterocycles. The van der Waals surface area contributed by atoms with Gasteiger partial charge in [0.15, 0.2) is 11.5 Å². The lowest BCUT2D eigenvalue weighted by atomic mass is 10.3. The first-order valence-electron chi connectivity index (χ1n) is 5.37. The Labute approximate surface area is 112 Å². The number of aliphatic hydroxyl groups excluding tert-OH is 1. The maximum Gasteiger partial charge on any atom is 0.573 e. The van der Waals surface area contributed by atoms with Gasteiger partial charge < -0.3 is 9.84 Å². The van der Waals surface area contributed by atoms with Gasteiger partial charge in [0, 0.05) is 6.92 Å². The zero-order chi connectivity index (χ0) is 15.3. The summed E-state index contributed by atoms with van der Waals surface area (Å²) in [6, 6.07) is 4.58. The highest BCUT2D eigenvalue weighted by molar-refractivity contribution is 5.93. The molecule has 5 nitrogen and oxygen atoms in total. The molecule has 0 saturated carbocycles. The van der Waals surface area contributed by atoms with Crippen LogP contribution in [0.2, 0.25) is 0 Å². The molecule has 0 saturated heterocycles. The third-order valence-corrected chi connectivity index (χ3v) is 2.01. The van der Waals surface area contributed by atoms with Gasteiger partial charge in [-0.25, -0.2) is 0 Å². The van der Waals surface area contributed by atoms with Crippen molar-refractivity contribution in [2.24, 2.45) is 10.2 Å². The van der Waals surface area contributed by atoms with Crippen LogP contribution in [0.15, 0.2) is 46.0 Å². The minimum absolute atomic E-state index is 0.208. The van der Waals surface area contributed by atoms with Gasteiger partial charge in [0.25, 0.3) is 0 Å². The van der Waals surface area contributed by atoms with E-state index in [1.165, 1.54) is 26.0 Å². The van der Waals surface area contributed by atoms with Crippen molar-refractivity contribution >= 4 is 11.5 Å². The highest BCUT2D eigenvalue weighted by Crippen LogP contribution is 2.25. The summed E-state index contributed by atoms with van der Waals surface area (Å²) in [6.07, 6.45) is -4.76. The molecule has 0 fully saturated rings. The van der Waals surface area contributed by atoms with E-state index in [2.05, 4.69) is 15.0 Å². The second kappa shape index (κ2) is 6.18. The molecular formula is C12H11F3N2O3. The van der Waals surface area contributed by atoms with Crippen molar-refractivity contribution in [3.63, 3.8) is 0 Å². The number of ether oxygens (including phenoxy) is 1. The summed E-state index contributed by atoms with van der Waals surface area (Å²) >= 11 is 0. The lowest BCUT2D eigenvalue weighted by Crippen LogP contribution is -2.16. The smallest absolute Gasteiger partial charge is 0.510 e. The van der Waals surface area contributed by atoms with Gasteiger partial charge in [0.1, 0.15) is 11.5 Å². The van der Waals surface area contributed by atoms with Crippen molar-refractivity contribution in [3.8, 4) is 5.75 Å². The fourth-order valence-corrected chi connectivity index (χ4v) is 1.22. The zero-order valence-electron chi connectivity index (χ0n) is 10.6. The molecule has 1 rings (SSSR count). The van der Waals surface area contributed by atoms with Crippen molar-refractivity contribution in [3.05, 3.63) is 35.7 Å². The zero-order valence-corrected chi connectivity index (χ0v) is 10.6. The molecule has 0 heterocycles. The van der Waals surface area contributed by atoms with E-state index >= 15 is 0 Å². The molecular weight excluding hydrogens is 277 g/mol.